The summed E-state index contributed by atoms with van der Waals surface area (Å²) in [6.07, 6.45) is 2.70. The zero-order chi connectivity index (χ0) is 13.7. The van der Waals surface area contributed by atoms with Crippen molar-refractivity contribution in [1.29, 1.82) is 0 Å². The molecule has 0 bridgehead atoms. The molecule has 6 heteroatoms. The van der Waals surface area contributed by atoms with Gasteiger partial charge in [-0.2, -0.15) is 0 Å². The lowest BCUT2D eigenvalue weighted by molar-refractivity contribution is -0.133. The van der Waals surface area contributed by atoms with Gasteiger partial charge >= 0.3 is 0 Å². The van der Waals surface area contributed by atoms with Gasteiger partial charge < -0.3 is 15.5 Å². The van der Waals surface area contributed by atoms with E-state index < -0.39 is 0 Å². The number of hydrogen-bond acceptors (Lipinski definition) is 4. The van der Waals surface area contributed by atoms with E-state index in [9.17, 15) is 9.59 Å². The van der Waals surface area contributed by atoms with E-state index in [1.54, 1.807) is 0 Å². The fraction of sp³-hybridized carbons (Fsp3) is 0.846. The Bertz CT molecular complexity index is 325. The minimum atomic E-state index is 0.101. The van der Waals surface area contributed by atoms with E-state index in [0.29, 0.717) is 25.6 Å². The smallest absolute Gasteiger partial charge is 0.236 e. The first-order chi connectivity index (χ1) is 9.15. The van der Waals surface area contributed by atoms with Gasteiger partial charge in [-0.15, -0.1) is 0 Å². The molecule has 0 spiro atoms. The number of likely N-dealkylation sites (N-methyl/N-ethyl adjacent to an activating group) is 1. The van der Waals surface area contributed by atoms with E-state index in [1.165, 1.54) is 0 Å². The minimum absolute atomic E-state index is 0.101. The predicted molar refractivity (Wildman–Crippen MR) is 72.7 cm³/mol. The molecule has 2 amide bonds. The van der Waals surface area contributed by atoms with Gasteiger partial charge in [0.1, 0.15) is 0 Å². The van der Waals surface area contributed by atoms with Gasteiger partial charge in [-0.3, -0.25) is 14.5 Å². The van der Waals surface area contributed by atoms with E-state index >= 15 is 0 Å². The van der Waals surface area contributed by atoms with Crippen molar-refractivity contribution in [2.75, 3.05) is 46.3 Å². The topological polar surface area (TPSA) is 64.7 Å². The van der Waals surface area contributed by atoms with Crippen LogP contribution in [0.4, 0.5) is 0 Å². The number of amides is 2. The Kier molecular flexibility index (Phi) is 5.15. The van der Waals surface area contributed by atoms with Crippen molar-refractivity contribution in [2.24, 2.45) is 0 Å². The maximum Gasteiger partial charge on any atom is 0.236 e. The van der Waals surface area contributed by atoms with Crippen molar-refractivity contribution in [1.82, 2.24) is 20.4 Å². The molecule has 0 unspecified atom stereocenters. The average molecular weight is 268 g/mol. The van der Waals surface area contributed by atoms with Gasteiger partial charge in [0.25, 0.3) is 0 Å². The average Bonchev–Trinajstić information content (AvgIpc) is 3.21. The molecule has 2 fully saturated rings. The quantitative estimate of drug-likeness (QED) is 0.650. The summed E-state index contributed by atoms with van der Waals surface area (Å²) in [5.41, 5.74) is 0. The zero-order valence-corrected chi connectivity index (χ0v) is 11.7. The summed E-state index contributed by atoms with van der Waals surface area (Å²) < 4.78 is 0. The van der Waals surface area contributed by atoms with Crippen molar-refractivity contribution in [3.8, 4) is 0 Å². The van der Waals surface area contributed by atoms with Gasteiger partial charge in [0.15, 0.2) is 0 Å². The summed E-state index contributed by atoms with van der Waals surface area (Å²) in [5.74, 6) is 0.260. The molecular formula is C13H24N4O2. The molecule has 2 rings (SSSR count). The fourth-order valence-electron chi connectivity index (χ4n) is 2.14. The fourth-order valence-corrected chi connectivity index (χ4v) is 2.14. The van der Waals surface area contributed by atoms with Crippen molar-refractivity contribution in [3.05, 3.63) is 0 Å². The maximum absolute atomic E-state index is 12.0. The number of hydrogen-bond donors (Lipinski definition) is 2. The second-order valence-corrected chi connectivity index (χ2v) is 5.46. The van der Waals surface area contributed by atoms with Crippen LogP contribution < -0.4 is 10.6 Å². The van der Waals surface area contributed by atoms with E-state index in [1.807, 2.05) is 16.8 Å². The van der Waals surface area contributed by atoms with E-state index in [0.717, 1.165) is 39.0 Å². The Hall–Kier alpha value is -1.14. The summed E-state index contributed by atoms with van der Waals surface area (Å²) in [4.78, 5) is 27.4. The summed E-state index contributed by atoms with van der Waals surface area (Å²) in [7, 11) is 1.89. The normalized spacial score (nSPS) is 19.6. The van der Waals surface area contributed by atoms with Gasteiger partial charge in [-0.1, -0.05) is 0 Å². The van der Waals surface area contributed by atoms with Crippen LogP contribution in [-0.2, 0) is 9.59 Å². The molecule has 0 aromatic carbocycles. The lowest BCUT2D eigenvalue weighted by Crippen LogP contribution is -2.49. The standard InChI is InChI=1S/C13H24N4O2/c1-16(7-4-12(18)15-11-2-3-11)10-13(19)17-8-5-14-6-9-17/h11,14H,2-10H2,1H3,(H,15,18). The molecule has 1 heterocycles. The van der Waals surface area contributed by atoms with Crippen LogP contribution in [0.5, 0.6) is 0 Å². The van der Waals surface area contributed by atoms with Crippen LogP contribution in [0.2, 0.25) is 0 Å². The van der Waals surface area contributed by atoms with Crippen molar-refractivity contribution in [2.45, 2.75) is 25.3 Å². The Morgan fingerprint density at radius 1 is 1.32 bits per heavy atom. The first-order valence-corrected chi connectivity index (χ1v) is 7.11. The van der Waals surface area contributed by atoms with Crippen LogP contribution in [0.3, 0.4) is 0 Å². The molecule has 0 atom stereocenters. The molecule has 1 aliphatic heterocycles. The van der Waals surface area contributed by atoms with Crippen LogP contribution in [0.1, 0.15) is 19.3 Å². The predicted octanol–water partition coefficient (Wildman–Crippen LogP) is -0.981. The van der Waals surface area contributed by atoms with E-state index in [2.05, 4.69) is 10.6 Å². The van der Waals surface area contributed by atoms with E-state index in [4.69, 9.17) is 0 Å². The molecule has 6 nitrogen and oxygen atoms in total. The Labute approximate surface area is 114 Å². The highest BCUT2D eigenvalue weighted by Gasteiger charge is 2.23. The van der Waals surface area contributed by atoms with Crippen LogP contribution in [0.25, 0.3) is 0 Å². The van der Waals surface area contributed by atoms with Crippen LogP contribution >= 0.6 is 0 Å². The van der Waals surface area contributed by atoms with Gasteiger partial charge in [-0.05, 0) is 19.9 Å². The third-order valence-electron chi connectivity index (χ3n) is 3.54. The summed E-state index contributed by atoms with van der Waals surface area (Å²) in [6.45, 7) is 4.36. The van der Waals surface area contributed by atoms with Crippen LogP contribution in [0.15, 0.2) is 0 Å². The summed E-state index contributed by atoms with van der Waals surface area (Å²) in [6, 6.07) is 0.417. The molecule has 1 saturated carbocycles. The number of piperazine rings is 1. The minimum Gasteiger partial charge on any atom is -0.353 e. The highest BCUT2D eigenvalue weighted by atomic mass is 16.2. The molecule has 0 aromatic heterocycles. The van der Waals surface area contributed by atoms with Crippen LogP contribution in [-0.4, -0.2) is 74.0 Å². The summed E-state index contributed by atoms with van der Waals surface area (Å²) >= 11 is 0. The lowest BCUT2D eigenvalue weighted by atomic mass is 10.3. The molecule has 19 heavy (non-hydrogen) atoms. The Balaban J connectivity index is 1.60. The van der Waals surface area contributed by atoms with Gasteiger partial charge in [0.05, 0.1) is 6.54 Å². The largest absolute Gasteiger partial charge is 0.353 e. The second kappa shape index (κ2) is 6.86. The molecule has 2 N–H and O–H groups in total. The van der Waals surface area contributed by atoms with Gasteiger partial charge in [-0.25, -0.2) is 0 Å². The molecular weight excluding hydrogens is 244 g/mol. The highest BCUT2D eigenvalue weighted by molar-refractivity contribution is 5.79. The Morgan fingerprint density at radius 2 is 2.00 bits per heavy atom. The third-order valence-corrected chi connectivity index (χ3v) is 3.54. The molecule has 2 aliphatic rings. The number of rotatable bonds is 6. The molecule has 0 radical (unpaired) electrons. The molecule has 1 aliphatic carbocycles. The highest BCUT2D eigenvalue weighted by Crippen LogP contribution is 2.18. The molecule has 0 aromatic rings. The summed E-state index contributed by atoms with van der Waals surface area (Å²) in [5, 5.41) is 6.18. The maximum atomic E-state index is 12.0. The molecule has 108 valence electrons. The molecule has 1 saturated heterocycles. The first kappa shape index (κ1) is 14.3. The number of carbonyl (C=O) groups excluding carboxylic acids is 2. The number of nitrogens with one attached hydrogen (secondary N) is 2. The van der Waals surface area contributed by atoms with Crippen molar-refractivity contribution >= 4 is 11.8 Å². The van der Waals surface area contributed by atoms with Crippen molar-refractivity contribution in [3.63, 3.8) is 0 Å². The SMILES string of the molecule is CN(CCC(=O)NC1CC1)CC(=O)N1CCNCC1. The number of nitrogens with zero attached hydrogens (tertiary/aromatic N) is 2. The third kappa shape index (κ3) is 5.16. The lowest BCUT2D eigenvalue weighted by Gasteiger charge is -2.29. The van der Waals surface area contributed by atoms with Crippen LogP contribution in [0, 0.1) is 0 Å². The van der Waals surface area contributed by atoms with Gasteiger partial charge in [0.2, 0.25) is 11.8 Å². The van der Waals surface area contributed by atoms with E-state index in [-0.39, 0.29) is 11.8 Å². The monoisotopic (exact) mass is 268 g/mol. The zero-order valence-electron chi connectivity index (χ0n) is 11.7. The number of carbonyl (C=O) groups is 2. The van der Waals surface area contributed by atoms with Crippen molar-refractivity contribution < 1.29 is 9.59 Å². The van der Waals surface area contributed by atoms with Gasteiger partial charge in [0, 0.05) is 45.2 Å². The Morgan fingerprint density at radius 3 is 2.63 bits per heavy atom. The second-order valence-electron chi connectivity index (χ2n) is 5.46. The first-order valence-electron chi connectivity index (χ1n) is 7.11.